The fraction of sp³-hybridized carbons (Fsp3) is 0.368. The van der Waals surface area contributed by atoms with Crippen LogP contribution in [-0.2, 0) is 0 Å². The molecule has 3 rings (SSSR count). The zero-order valence-electron chi connectivity index (χ0n) is 17.1. The van der Waals surface area contributed by atoms with E-state index in [2.05, 4.69) is 20.6 Å². The molecule has 0 aliphatic carbocycles. The molecule has 1 amide bonds. The van der Waals surface area contributed by atoms with Crippen molar-refractivity contribution < 1.29 is 23.4 Å². The molecule has 10 nitrogen and oxygen atoms in total. The molecule has 29 heavy (non-hydrogen) atoms. The Kier molecular flexibility index (Phi) is 5.71. The molecule has 0 saturated heterocycles. The maximum Gasteiger partial charge on any atom is 0.322 e. The second-order valence-corrected chi connectivity index (χ2v) is 6.49. The van der Waals surface area contributed by atoms with Gasteiger partial charge in [-0.05, 0) is 39.0 Å². The van der Waals surface area contributed by atoms with Crippen molar-refractivity contribution in [3.05, 3.63) is 29.6 Å². The Morgan fingerprint density at radius 1 is 1.07 bits per heavy atom. The molecular weight excluding hydrogens is 378 g/mol. The molecule has 0 saturated carbocycles. The minimum Gasteiger partial charge on any atom is -0.493 e. The van der Waals surface area contributed by atoms with Crippen molar-refractivity contribution in [3.8, 4) is 28.7 Å². The second kappa shape index (κ2) is 8.21. The second-order valence-electron chi connectivity index (χ2n) is 6.49. The minimum atomic E-state index is -0.437. The minimum absolute atomic E-state index is 0.0458. The van der Waals surface area contributed by atoms with Crippen LogP contribution in [0.4, 0.5) is 6.01 Å². The average Bonchev–Trinajstić information content (AvgIpc) is 3.33. The van der Waals surface area contributed by atoms with E-state index >= 15 is 0 Å². The highest BCUT2D eigenvalue weighted by Gasteiger charge is 2.20. The van der Waals surface area contributed by atoms with Gasteiger partial charge >= 0.3 is 6.01 Å². The van der Waals surface area contributed by atoms with Crippen molar-refractivity contribution in [2.45, 2.75) is 26.8 Å². The van der Waals surface area contributed by atoms with E-state index in [-0.39, 0.29) is 23.6 Å². The van der Waals surface area contributed by atoms with Gasteiger partial charge in [0.1, 0.15) is 0 Å². The van der Waals surface area contributed by atoms with E-state index in [9.17, 15) is 4.79 Å². The summed E-state index contributed by atoms with van der Waals surface area (Å²) >= 11 is 0. The smallest absolute Gasteiger partial charge is 0.322 e. The van der Waals surface area contributed by atoms with Crippen molar-refractivity contribution in [3.63, 3.8) is 0 Å². The molecule has 0 aliphatic heterocycles. The van der Waals surface area contributed by atoms with Crippen LogP contribution in [0.3, 0.4) is 0 Å². The molecule has 3 aromatic rings. The molecule has 1 N–H and O–H groups in total. The fourth-order valence-corrected chi connectivity index (χ4v) is 2.88. The molecular formula is C19H23N5O5. The molecule has 2 heterocycles. The number of nitrogens with zero attached hydrogens (tertiary/aromatic N) is 4. The number of benzene rings is 1. The van der Waals surface area contributed by atoms with E-state index < -0.39 is 5.91 Å². The third-order valence-corrected chi connectivity index (χ3v) is 4.20. The highest BCUT2D eigenvalue weighted by Crippen LogP contribution is 2.41. The Morgan fingerprint density at radius 2 is 1.72 bits per heavy atom. The molecule has 0 fully saturated rings. The van der Waals surface area contributed by atoms with Gasteiger partial charge in [-0.15, -0.1) is 5.10 Å². The lowest BCUT2D eigenvalue weighted by molar-refractivity contribution is 0.101. The van der Waals surface area contributed by atoms with Gasteiger partial charge in [-0.1, -0.05) is 5.10 Å². The number of aromatic nitrogens is 4. The predicted molar refractivity (Wildman–Crippen MR) is 105 cm³/mol. The van der Waals surface area contributed by atoms with Crippen LogP contribution in [0.5, 0.6) is 17.2 Å². The first-order valence-corrected chi connectivity index (χ1v) is 8.89. The molecule has 0 bridgehead atoms. The maximum absolute atomic E-state index is 12.5. The third kappa shape index (κ3) is 4.00. The SMILES string of the molecule is COc1cc(-c2nnc(NC(=O)c3cc(C)n(C(C)C)n3)o2)cc(OC)c1OC. The summed E-state index contributed by atoms with van der Waals surface area (Å²) in [4.78, 5) is 12.5. The Labute approximate surface area is 167 Å². The van der Waals surface area contributed by atoms with E-state index in [4.69, 9.17) is 18.6 Å². The lowest BCUT2D eigenvalue weighted by Gasteiger charge is -2.12. The topological polar surface area (TPSA) is 114 Å². The Hall–Kier alpha value is -3.56. The first kappa shape index (κ1) is 20.2. The van der Waals surface area contributed by atoms with Gasteiger partial charge in [0.25, 0.3) is 5.91 Å². The number of hydrogen-bond acceptors (Lipinski definition) is 8. The molecule has 1 aromatic carbocycles. The summed E-state index contributed by atoms with van der Waals surface area (Å²) in [6.45, 7) is 5.87. The van der Waals surface area contributed by atoms with Gasteiger partial charge < -0.3 is 18.6 Å². The van der Waals surface area contributed by atoms with Crippen molar-refractivity contribution in [1.82, 2.24) is 20.0 Å². The highest BCUT2D eigenvalue weighted by atomic mass is 16.5. The van der Waals surface area contributed by atoms with Crippen LogP contribution in [0.1, 0.15) is 36.1 Å². The van der Waals surface area contributed by atoms with E-state index in [0.29, 0.717) is 22.8 Å². The normalized spacial score (nSPS) is 10.9. The van der Waals surface area contributed by atoms with Crippen LogP contribution in [-0.4, -0.2) is 47.2 Å². The van der Waals surface area contributed by atoms with Crippen LogP contribution < -0.4 is 19.5 Å². The number of aryl methyl sites for hydroxylation is 1. The number of carbonyl (C=O) groups excluding carboxylic acids is 1. The number of anilines is 1. The molecule has 0 atom stereocenters. The summed E-state index contributed by atoms with van der Waals surface area (Å²) < 4.78 is 23.3. The van der Waals surface area contributed by atoms with Crippen LogP contribution in [0.2, 0.25) is 0 Å². The molecule has 154 valence electrons. The van der Waals surface area contributed by atoms with Crippen LogP contribution >= 0.6 is 0 Å². The van der Waals surface area contributed by atoms with Crippen LogP contribution in [0.25, 0.3) is 11.5 Å². The van der Waals surface area contributed by atoms with Crippen LogP contribution in [0, 0.1) is 6.92 Å². The van der Waals surface area contributed by atoms with Crippen molar-refractivity contribution >= 4 is 11.9 Å². The first-order chi connectivity index (χ1) is 13.9. The quantitative estimate of drug-likeness (QED) is 0.642. The highest BCUT2D eigenvalue weighted by molar-refractivity contribution is 6.01. The Bertz CT molecular complexity index is 999. The molecule has 0 radical (unpaired) electrons. The fourth-order valence-electron chi connectivity index (χ4n) is 2.88. The molecule has 10 heteroatoms. The van der Waals surface area contributed by atoms with Gasteiger partial charge in [0.15, 0.2) is 17.2 Å². The molecule has 2 aromatic heterocycles. The summed E-state index contributed by atoms with van der Waals surface area (Å²) in [5.41, 5.74) is 1.70. The van der Waals surface area contributed by atoms with Crippen LogP contribution in [0.15, 0.2) is 22.6 Å². The number of rotatable bonds is 7. The zero-order valence-corrected chi connectivity index (χ0v) is 17.1. The van der Waals surface area contributed by atoms with Gasteiger partial charge in [-0.2, -0.15) is 5.10 Å². The first-order valence-electron chi connectivity index (χ1n) is 8.89. The van der Waals surface area contributed by atoms with E-state index in [1.165, 1.54) is 21.3 Å². The predicted octanol–water partition coefficient (Wildman–Crippen LogP) is 3.10. The van der Waals surface area contributed by atoms with Crippen molar-refractivity contribution in [1.29, 1.82) is 0 Å². The Morgan fingerprint density at radius 3 is 2.24 bits per heavy atom. The summed E-state index contributed by atoms with van der Waals surface area (Å²) in [6, 6.07) is 5.15. The van der Waals surface area contributed by atoms with Crippen molar-refractivity contribution in [2.24, 2.45) is 0 Å². The van der Waals surface area contributed by atoms with Gasteiger partial charge in [0, 0.05) is 17.3 Å². The monoisotopic (exact) mass is 401 g/mol. The van der Waals surface area contributed by atoms with Gasteiger partial charge in [-0.3, -0.25) is 14.8 Å². The van der Waals surface area contributed by atoms with E-state index in [1.807, 2.05) is 20.8 Å². The summed E-state index contributed by atoms with van der Waals surface area (Å²) in [6.07, 6.45) is 0. The third-order valence-electron chi connectivity index (χ3n) is 4.20. The average molecular weight is 401 g/mol. The maximum atomic E-state index is 12.5. The standard InChI is InChI=1S/C19H23N5O5/c1-10(2)24-11(3)7-13(23-24)17(25)20-19-22-21-18(29-19)12-8-14(26-4)16(28-6)15(9-12)27-5/h7-10H,1-6H3,(H,20,22,25). The number of amides is 1. The van der Waals surface area contributed by atoms with Gasteiger partial charge in [-0.25, -0.2) is 0 Å². The molecule has 0 unspecified atom stereocenters. The van der Waals surface area contributed by atoms with Crippen molar-refractivity contribution in [2.75, 3.05) is 26.6 Å². The van der Waals surface area contributed by atoms with E-state index in [1.54, 1.807) is 22.9 Å². The summed E-state index contributed by atoms with van der Waals surface area (Å²) in [7, 11) is 4.54. The number of ether oxygens (including phenoxy) is 3. The number of methoxy groups -OCH3 is 3. The number of nitrogens with one attached hydrogen (secondary N) is 1. The van der Waals surface area contributed by atoms with E-state index in [0.717, 1.165) is 5.69 Å². The molecule has 0 aliphatic rings. The number of carbonyl (C=O) groups is 1. The summed E-state index contributed by atoms with van der Waals surface area (Å²) in [5.74, 6) is 1.08. The largest absolute Gasteiger partial charge is 0.493 e. The Balaban J connectivity index is 1.84. The lowest BCUT2D eigenvalue weighted by atomic mass is 10.2. The number of hydrogen-bond donors (Lipinski definition) is 1. The molecule has 0 spiro atoms. The lowest BCUT2D eigenvalue weighted by Crippen LogP contribution is -2.14. The zero-order chi connectivity index (χ0) is 21.1. The van der Waals surface area contributed by atoms with Gasteiger partial charge in [0.05, 0.1) is 21.3 Å². The van der Waals surface area contributed by atoms with Gasteiger partial charge in [0.2, 0.25) is 11.6 Å². The summed E-state index contributed by atoms with van der Waals surface area (Å²) in [5, 5.41) is 14.7.